The van der Waals surface area contributed by atoms with Crippen molar-refractivity contribution in [2.75, 3.05) is 25.6 Å². The minimum absolute atomic E-state index is 0.0558. The van der Waals surface area contributed by atoms with Gasteiger partial charge in [-0.15, -0.1) is 0 Å². The lowest BCUT2D eigenvalue weighted by Crippen LogP contribution is -2.09. The number of rotatable bonds is 9. The van der Waals surface area contributed by atoms with Gasteiger partial charge in [0.05, 0.1) is 36.5 Å². The SMILES string of the molecule is COC(=O)c1cc(OCCCCNc2nc(Cl)ncc2Cl)c([N+](=O)[O-])cc1F. The first kappa shape index (κ1) is 21.6. The molecule has 0 radical (unpaired) electrons. The lowest BCUT2D eigenvalue weighted by molar-refractivity contribution is -0.386. The summed E-state index contributed by atoms with van der Waals surface area (Å²) in [5, 5.41) is 14.4. The monoisotopic (exact) mass is 432 g/mol. The number of carbonyl (C=O) groups excluding carboxylic acids is 1. The molecule has 0 fully saturated rings. The summed E-state index contributed by atoms with van der Waals surface area (Å²) in [4.78, 5) is 29.5. The van der Waals surface area contributed by atoms with Gasteiger partial charge in [-0.05, 0) is 24.4 Å². The molecule has 0 atom stereocenters. The van der Waals surface area contributed by atoms with Gasteiger partial charge in [-0.2, -0.15) is 4.98 Å². The number of hydrogen-bond acceptors (Lipinski definition) is 8. The molecule has 1 N–H and O–H groups in total. The molecule has 9 nitrogen and oxygen atoms in total. The highest BCUT2D eigenvalue weighted by Crippen LogP contribution is 2.30. The minimum atomic E-state index is -1.06. The topological polar surface area (TPSA) is 116 Å². The van der Waals surface area contributed by atoms with E-state index in [1.54, 1.807) is 0 Å². The highest BCUT2D eigenvalue weighted by atomic mass is 35.5. The van der Waals surface area contributed by atoms with Crippen molar-refractivity contribution in [3.8, 4) is 5.75 Å². The third kappa shape index (κ3) is 5.64. The number of hydrogen-bond donors (Lipinski definition) is 1. The normalized spacial score (nSPS) is 10.4. The van der Waals surface area contributed by atoms with Crippen molar-refractivity contribution in [3.05, 3.63) is 50.1 Å². The number of halogens is 3. The molecular weight excluding hydrogens is 418 g/mol. The molecule has 0 aliphatic carbocycles. The lowest BCUT2D eigenvalue weighted by Gasteiger charge is -2.10. The van der Waals surface area contributed by atoms with Crippen LogP contribution in [0.5, 0.6) is 5.75 Å². The van der Waals surface area contributed by atoms with Crippen molar-refractivity contribution in [1.82, 2.24) is 9.97 Å². The van der Waals surface area contributed by atoms with Gasteiger partial charge >= 0.3 is 11.7 Å². The fourth-order valence-electron chi connectivity index (χ4n) is 2.15. The Morgan fingerprint density at radius 3 is 2.79 bits per heavy atom. The molecule has 0 aliphatic rings. The van der Waals surface area contributed by atoms with E-state index in [0.717, 1.165) is 13.2 Å². The molecule has 0 aliphatic heterocycles. The van der Waals surface area contributed by atoms with Gasteiger partial charge in [0.25, 0.3) is 0 Å². The maximum Gasteiger partial charge on any atom is 0.340 e. The van der Waals surface area contributed by atoms with Crippen LogP contribution < -0.4 is 10.1 Å². The molecule has 1 heterocycles. The molecule has 2 aromatic rings. The Balaban J connectivity index is 1.92. The van der Waals surface area contributed by atoms with Gasteiger partial charge in [-0.1, -0.05) is 11.6 Å². The standard InChI is InChI=1S/C16H15Cl2FN4O5/c1-27-15(24)9-6-13(12(23(25)26)7-11(9)19)28-5-3-2-4-20-14-10(17)8-21-16(18)22-14/h6-8H,2-5H2,1H3,(H,20,21,22). The number of ether oxygens (including phenoxy) is 2. The zero-order chi connectivity index (χ0) is 20.7. The number of methoxy groups -OCH3 is 1. The van der Waals surface area contributed by atoms with Crippen LogP contribution in [-0.4, -0.2) is 41.1 Å². The van der Waals surface area contributed by atoms with Crippen molar-refractivity contribution >= 4 is 40.7 Å². The number of unbranched alkanes of at least 4 members (excludes halogenated alkanes) is 1. The summed E-state index contributed by atoms with van der Waals surface area (Å²) in [6.07, 6.45) is 2.48. The van der Waals surface area contributed by atoms with Gasteiger partial charge in [-0.3, -0.25) is 10.1 Å². The molecule has 2 rings (SSSR count). The zero-order valence-electron chi connectivity index (χ0n) is 14.6. The Bertz CT molecular complexity index is 884. The van der Waals surface area contributed by atoms with E-state index >= 15 is 0 Å². The van der Waals surface area contributed by atoms with Gasteiger partial charge in [0.15, 0.2) is 5.75 Å². The number of esters is 1. The van der Waals surface area contributed by atoms with Crippen LogP contribution in [-0.2, 0) is 4.74 Å². The third-order valence-corrected chi connectivity index (χ3v) is 3.95. The van der Waals surface area contributed by atoms with Crippen LogP contribution in [0.4, 0.5) is 15.9 Å². The average Bonchev–Trinajstić information content (AvgIpc) is 2.66. The second kappa shape index (κ2) is 10.00. The van der Waals surface area contributed by atoms with Gasteiger partial charge < -0.3 is 14.8 Å². The molecule has 0 unspecified atom stereocenters. The van der Waals surface area contributed by atoms with E-state index in [9.17, 15) is 19.3 Å². The number of carbonyl (C=O) groups is 1. The van der Waals surface area contributed by atoms with Crippen LogP contribution in [0.3, 0.4) is 0 Å². The highest BCUT2D eigenvalue weighted by molar-refractivity contribution is 6.33. The first-order valence-corrected chi connectivity index (χ1v) is 8.70. The van der Waals surface area contributed by atoms with Crippen molar-refractivity contribution in [2.24, 2.45) is 0 Å². The van der Waals surface area contributed by atoms with E-state index in [1.165, 1.54) is 6.20 Å². The van der Waals surface area contributed by atoms with Crippen molar-refractivity contribution in [2.45, 2.75) is 12.8 Å². The predicted octanol–water partition coefficient (Wildman–Crippen LogP) is 3.89. The number of nitro groups is 1. The smallest absolute Gasteiger partial charge is 0.340 e. The summed E-state index contributed by atoms with van der Waals surface area (Å²) in [6.45, 7) is 0.586. The molecule has 0 spiro atoms. The first-order chi connectivity index (χ1) is 13.3. The summed E-state index contributed by atoms with van der Waals surface area (Å²) in [7, 11) is 1.08. The molecule has 1 aromatic carbocycles. The maximum atomic E-state index is 13.8. The summed E-state index contributed by atoms with van der Waals surface area (Å²) in [6, 6.07) is 1.59. The number of anilines is 1. The molecule has 0 bridgehead atoms. The number of aromatic nitrogens is 2. The summed E-state index contributed by atoms with van der Waals surface area (Å²) < 4.78 is 23.7. The molecule has 28 heavy (non-hydrogen) atoms. The Morgan fingerprint density at radius 2 is 2.11 bits per heavy atom. The summed E-state index contributed by atoms with van der Waals surface area (Å²) in [5.74, 6) is -1.85. The lowest BCUT2D eigenvalue weighted by atomic mass is 10.1. The molecule has 1 aromatic heterocycles. The zero-order valence-corrected chi connectivity index (χ0v) is 16.1. The largest absolute Gasteiger partial charge is 0.487 e. The number of nitrogens with zero attached hydrogens (tertiary/aromatic N) is 3. The fraction of sp³-hybridized carbons (Fsp3) is 0.312. The van der Waals surface area contributed by atoms with E-state index in [0.29, 0.717) is 36.3 Å². The van der Waals surface area contributed by atoms with Gasteiger partial charge in [0.1, 0.15) is 16.7 Å². The van der Waals surface area contributed by atoms with Gasteiger partial charge in [0, 0.05) is 12.6 Å². The van der Waals surface area contributed by atoms with Crippen LogP contribution >= 0.6 is 23.2 Å². The number of nitrogens with one attached hydrogen (secondary N) is 1. The first-order valence-electron chi connectivity index (χ1n) is 7.94. The van der Waals surface area contributed by atoms with Crippen molar-refractivity contribution in [1.29, 1.82) is 0 Å². The van der Waals surface area contributed by atoms with Gasteiger partial charge in [-0.25, -0.2) is 14.2 Å². The molecule has 0 amide bonds. The highest BCUT2D eigenvalue weighted by Gasteiger charge is 2.23. The van der Waals surface area contributed by atoms with Crippen LogP contribution in [0.25, 0.3) is 0 Å². The molecule has 0 saturated heterocycles. The maximum absolute atomic E-state index is 13.8. The fourth-order valence-corrected chi connectivity index (χ4v) is 2.44. The van der Waals surface area contributed by atoms with E-state index < -0.39 is 28.0 Å². The number of benzene rings is 1. The van der Waals surface area contributed by atoms with Crippen molar-refractivity contribution in [3.63, 3.8) is 0 Å². The molecule has 0 saturated carbocycles. The van der Waals surface area contributed by atoms with Crippen LogP contribution in [0, 0.1) is 15.9 Å². The molecule has 12 heteroatoms. The number of nitro benzene ring substituents is 1. The van der Waals surface area contributed by atoms with E-state index in [-0.39, 0.29) is 17.6 Å². The third-order valence-electron chi connectivity index (χ3n) is 3.49. The Hall–Kier alpha value is -2.72. The van der Waals surface area contributed by atoms with Crippen LogP contribution in [0.1, 0.15) is 23.2 Å². The minimum Gasteiger partial charge on any atom is -0.487 e. The van der Waals surface area contributed by atoms with Crippen LogP contribution in [0.2, 0.25) is 10.3 Å². The van der Waals surface area contributed by atoms with E-state index in [1.807, 2.05) is 0 Å². The quantitative estimate of drug-likeness (QED) is 0.208. The second-order valence-electron chi connectivity index (χ2n) is 5.37. The Kier molecular flexibility index (Phi) is 7.70. The summed E-state index contributed by atoms with van der Waals surface area (Å²) in [5.41, 5.74) is -1.02. The van der Waals surface area contributed by atoms with E-state index in [2.05, 4.69) is 20.0 Å². The summed E-state index contributed by atoms with van der Waals surface area (Å²) >= 11 is 11.6. The molecule has 150 valence electrons. The predicted molar refractivity (Wildman–Crippen MR) is 99.7 cm³/mol. The Morgan fingerprint density at radius 1 is 1.36 bits per heavy atom. The van der Waals surface area contributed by atoms with Gasteiger partial charge in [0.2, 0.25) is 5.28 Å². The average molecular weight is 433 g/mol. The van der Waals surface area contributed by atoms with Crippen LogP contribution in [0.15, 0.2) is 18.3 Å². The molecular formula is C16H15Cl2FN4O5. The Labute approximate surface area is 168 Å². The second-order valence-corrected chi connectivity index (χ2v) is 6.11. The van der Waals surface area contributed by atoms with E-state index in [4.69, 9.17) is 27.9 Å². The van der Waals surface area contributed by atoms with Crippen molar-refractivity contribution < 1.29 is 23.6 Å².